The first kappa shape index (κ1) is 15.6. The molecule has 0 bridgehead atoms. The van der Waals surface area contributed by atoms with Crippen molar-refractivity contribution in [2.24, 2.45) is 0 Å². The Morgan fingerprint density at radius 2 is 2.41 bits per heavy atom. The van der Waals surface area contributed by atoms with Crippen LogP contribution in [0.1, 0.15) is 12.8 Å². The van der Waals surface area contributed by atoms with E-state index in [2.05, 4.69) is 11.6 Å². The van der Waals surface area contributed by atoms with Crippen LogP contribution < -0.4 is 0 Å². The lowest BCUT2D eigenvalue weighted by Crippen LogP contribution is -2.43. The molecular weight excluding hydrogens is 304 g/mol. The third-order valence-corrected chi connectivity index (χ3v) is 5.97. The summed E-state index contributed by atoms with van der Waals surface area (Å²) in [6.45, 7) is 4.98. The van der Waals surface area contributed by atoms with Crippen LogP contribution in [0.15, 0.2) is 42.1 Å². The van der Waals surface area contributed by atoms with Gasteiger partial charge in [-0.05, 0) is 25.0 Å². The molecule has 0 saturated carbocycles. The molecule has 2 aliphatic rings. The summed E-state index contributed by atoms with van der Waals surface area (Å²) in [5.74, 6) is 0. The molecular formula is C15H20N2O4S. The van der Waals surface area contributed by atoms with E-state index in [-0.39, 0.29) is 23.1 Å². The first-order valence-electron chi connectivity index (χ1n) is 7.40. The van der Waals surface area contributed by atoms with E-state index in [1.165, 1.54) is 10.5 Å². The Hall–Kier alpha value is -1.28. The van der Waals surface area contributed by atoms with E-state index in [1.54, 1.807) is 24.4 Å². The lowest BCUT2D eigenvalue weighted by Gasteiger charge is -2.31. The first-order chi connectivity index (χ1) is 10.6. The molecule has 0 spiro atoms. The normalized spacial score (nSPS) is 29.2. The van der Waals surface area contributed by atoms with E-state index in [0.29, 0.717) is 19.8 Å². The van der Waals surface area contributed by atoms with Gasteiger partial charge < -0.3 is 9.47 Å². The van der Waals surface area contributed by atoms with Crippen LogP contribution in [-0.4, -0.2) is 55.7 Å². The highest BCUT2D eigenvalue weighted by Gasteiger charge is 2.49. The van der Waals surface area contributed by atoms with Crippen molar-refractivity contribution in [1.29, 1.82) is 0 Å². The number of hydrogen-bond acceptors (Lipinski definition) is 5. The molecule has 1 aromatic rings. The van der Waals surface area contributed by atoms with Gasteiger partial charge in [-0.1, -0.05) is 6.08 Å². The first-order valence-corrected chi connectivity index (χ1v) is 8.84. The predicted octanol–water partition coefficient (Wildman–Crippen LogP) is 1.20. The largest absolute Gasteiger partial charge is 0.374 e. The van der Waals surface area contributed by atoms with Crippen molar-refractivity contribution < 1.29 is 17.9 Å². The van der Waals surface area contributed by atoms with Crippen molar-refractivity contribution in [3.8, 4) is 0 Å². The van der Waals surface area contributed by atoms with Gasteiger partial charge >= 0.3 is 0 Å². The molecule has 0 unspecified atom stereocenters. The molecule has 2 fully saturated rings. The van der Waals surface area contributed by atoms with Crippen LogP contribution in [0.3, 0.4) is 0 Å². The third kappa shape index (κ3) is 2.81. The summed E-state index contributed by atoms with van der Waals surface area (Å²) in [6.07, 6.45) is 5.79. The fraction of sp³-hybridized carbons (Fsp3) is 0.533. The van der Waals surface area contributed by atoms with E-state index >= 15 is 0 Å². The zero-order valence-electron chi connectivity index (χ0n) is 12.3. The van der Waals surface area contributed by atoms with Crippen molar-refractivity contribution in [3.63, 3.8) is 0 Å². The number of pyridine rings is 1. The summed E-state index contributed by atoms with van der Waals surface area (Å²) in [5, 5.41) is 0. The van der Waals surface area contributed by atoms with Crippen molar-refractivity contribution in [1.82, 2.24) is 9.29 Å². The van der Waals surface area contributed by atoms with Crippen molar-refractivity contribution in [2.75, 3.05) is 19.8 Å². The number of hydrogen-bond donors (Lipinski definition) is 0. The molecule has 120 valence electrons. The average Bonchev–Trinajstić information content (AvgIpc) is 2.93. The molecule has 0 N–H and O–H groups in total. The fourth-order valence-electron chi connectivity index (χ4n) is 3.12. The standard InChI is InChI=1S/C15H20N2O4S/c1-2-8-20-14-11-17(13-6-4-9-21-15(13)14)22(18,19)12-5-3-7-16-10-12/h2-3,5,7,10,13-15H,1,4,6,8-9,11H2/t13-,14-,15+/m1/s1. The van der Waals surface area contributed by atoms with Crippen LogP contribution in [0.25, 0.3) is 0 Å². The van der Waals surface area contributed by atoms with Gasteiger partial charge in [0, 0.05) is 25.5 Å². The molecule has 3 atom stereocenters. The smallest absolute Gasteiger partial charge is 0.245 e. The molecule has 7 heteroatoms. The van der Waals surface area contributed by atoms with Gasteiger partial charge in [-0.3, -0.25) is 4.98 Å². The number of nitrogens with zero attached hydrogens (tertiary/aromatic N) is 2. The second-order valence-electron chi connectivity index (χ2n) is 5.47. The molecule has 6 nitrogen and oxygen atoms in total. The van der Waals surface area contributed by atoms with Crippen LogP contribution >= 0.6 is 0 Å². The maximum absolute atomic E-state index is 12.9. The molecule has 22 heavy (non-hydrogen) atoms. The minimum atomic E-state index is -3.58. The molecule has 0 amide bonds. The van der Waals surface area contributed by atoms with Gasteiger partial charge in [0.2, 0.25) is 10.0 Å². The zero-order valence-corrected chi connectivity index (χ0v) is 13.1. The lowest BCUT2D eigenvalue weighted by molar-refractivity contribution is -0.0696. The minimum absolute atomic E-state index is 0.172. The lowest BCUT2D eigenvalue weighted by atomic mass is 10.0. The van der Waals surface area contributed by atoms with Gasteiger partial charge in [0.1, 0.15) is 11.0 Å². The maximum Gasteiger partial charge on any atom is 0.245 e. The Morgan fingerprint density at radius 1 is 1.55 bits per heavy atom. The van der Waals surface area contributed by atoms with Crippen molar-refractivity contribution >= 4 is 10.0 Å². The van der Waals surface area contributed by atoms with E-state index in [0.717, 1.165) is 12.8 Å². The molecule has 2 aliphatic heterocycles. The third-order valence-electron chi connectivity index (χ3n) is 4.10. The summed E-state index contributed by atoms with van der Waals surface area (Å²) in [6, 6.07) is 3.02. The van der Waals surface area contributed by atoms with Gasteiger partial charge in [0.15, 0.2) is 0 Å². The number of rotatable bonds is 5. The molecule has 0 aromatic carbocycles. The molecule has 0 radical (unpaired) electrons. The van der Waals surface area contributed by atoms with Gasteiger partial charge in [0.25, 0.3) is 0 Å². The summed E-state index contributed by atoms with van der Waals surface area (Å²) >= 11 is 0. The number of sulfonamides is 1. The second kappa shape index (κ2) is 6.45. The zero-order chi connectivity index (χ0) is 15.6. The van der Waals surface area contributed by atoms with Gasteiger partial charge in [-0.25, -0.2) is 8.42 Å². The van der Waals surface area contributed by atoms with E-state index < -0.39 is 10.0 Å². The summed E-state index contributed by atoms with van der Waals surface area (Å²) in [5.41, 5.74) is 0. The SMILES string of the molecule is C=CCO[C@@H]1CN(S(=O)(=O)c2cccnc2)[C@@H]2CCCO[C@@H]21. The Morgan fingerprint density at radius 3 is 3.14 bits per heavy atom. The van der Waals surface area contributed by atoms with Crippen molar-refractivity contribution in [2.45, 2.75) is 36.0 Å². The monoisotopic (exact) mass is 324 g/mol. The van der Waals surface area contributed by atoms with Gasteiger partial charge in [-0.2, -0.15) is 4.31 Å². The van der Waals surface area contributed by atoms with Crippen LogP contribution in [-0.2, 0) is 19.5 Å². The molecule has 3 heterocycles. The topological polar surface area (TPSA) is 68.7 Å². The summed E-state index contributed by atoms with van der Waals surface area (Å²) < 4.78 is 38.8. The molecule has 3 rings (SSSR count). The average molecular weight is 324 g/mol. The van der Waals surface area contributed by atoms with E-state index in [4.69, 9.17) is 9.47 Å². The number of fused-ring (bicyclic) bond motifs is 1. The predicted molar refractivity (Wildman–Crippen MR) is 80.8 cm³/mol. The maximum atomic E-state index is 12.9. The Balaban J connectivity index is 1.88. The van der Waals surface area contributed by atoms with Gasteiger partial charge in [0.05, 0.1) is 18.8 Å². The van der Waals surface area contributed by atoms with Crippen LogP contribution in [0, 0.1) is 0 Å². The second-order valence-corrected chi connectivity index (χ2v) is 7.36. The Kier molecular flexibility index (Phi) is 4.58. The number of ether oxygens (including phenoxy) is 2. The van der Waals surface area contributed by atoms with E-state index in [9.17, 15) is 8.42 Å². The number of aromatic nitrogens is 1. The van der Waals surface area contributed by atoms with Crippen LogP contribution in [0.5, 0.6) is 0 Å². The van der Waals surface area contributed by atoms with E-state index in [1.807, 2.05) is 0 Å². The molecule has 2 saturated heterocycles. The Bertz CT molecular complexity index is 620. The molecule has 1 aromatic heterocycles. The van der Waals surface area contributed by atoms with Crippen LogP contribution in [0.2, 0.25) is 0 Å². The summed E-state index contributed by atoms with van der Waals surface area (Å²) in [7, 11) is -3.58. The Labute approximate surface area is 130 Å². The van der Waals surface area contributed by atoms with Gasteiger partial charge in [-0.15, -0.1) is 6.58 Å². The quantitative estimate of drug-likeness (QED) is 0.762. The summed E-state index contributed by atoms with van der Waals surface area (Å²) in [4.78, 5) is 4.13. The van der Waals surface area contributed by atoms with Crippen LogP contribution in [0.4, 0.5) is 0 Å². The highest BCUT2D eigenvalue weighted by atomic mass is 32.2. The fourth-order valence-corrected chi connectivity index (χ4v) is 4.76. The highest BCUT2D eigenvalue weighted by Crippen LogP contribution is 2.34. The minimum Gasteiger partial charge on any atom is -0.374 e. The highest BCUT2D eigenvalue weighted by molar-refractivity contribution is 7.89. The van der Waals surface area contributed by atoms with Crippen molar-refractivity contribution in [3.05, 3.63) is 37.2 Å². The molecule has 0 aliphatic carbocycles.